The van der Waals surface area contributed by atoms with Crippen molar-refractivity contribution in [2.75, 3.05) is 26.3 Å². The predicted octanol–water partition coefficient (Wildman–Crippen LogP) is -0.710. The van der Waals surface area contributed by atoms with Crippen LogP contribution in [0.25, 0.3) is 0 Å². The molecule has 1 aromatic heterocycles. The van der Waals surface area contributed by atoms with Crippen LogP contribution in [-0.4, -0.2) is 38.1 Å². The number of nitrogens with two attached hydrogens (primary N) is 2. The number of nitrogens with one attached hydrogen (secondary N) is 1. The van der Waals surface area contributed by atoms with Crippen LogP contribution in [0, 0.1) is 11.8 Å². The largest absolute Gasteiger partial charge is 0.370 e. The predicted molar refractivity (Wildman–Crippen MR) is 72.6 cm³/mol. The first-order chi connectivity index (χ1) is 9.15. The zero-order chi connectivity index (χ0) is 14.1. The van der Waals surface area contributed by atoms with E-state index in [1.807, 2.05) is 0 Å². The Kier molecular flexibility index (Phi) is 6.60. The summed E-state index contributed by atoms with van der Waals surface area (Å²) < 4.78 is 4.93. The van der Waals surface area contributed by atoms with Crippen molar-refractivity contribution in [2.45, 2.75) is 0 Å². The lowest BCUT2D eigenvalue weighted by Crippen LogP contribution is -2.28. The van der Waals surface area contributed by atoms with Gasteiger partial charge < -0.3 is 21.5 Å². The van der Waals surface area contributed by atoms with E-state index in [-0.39, 0.29) is 25.7 Å². The topological polar surface area (TPSA) is 107 Å². The van der Waals surface area contributed by atoms with Crippen molar-refractivity contribution >= 4 is 23.2 Å². The molecule has 1 aromatic rings. The fourth-order valence-corrected chi connectivity index (χ4v) is 1.99. The Balaban J connectivity index is 2.41. The van der Waals surface area contributed by atoms with Crippen molar-refractivity contribution in [2.24, 2.45) is 11.5 Å². The number of thiophene rings is 1. The van der Waals surface area contributed by atoms with Crippen molar-refractivity contribution in [3.05, 3.63) is 21.9 Å². The third kappa shape index (κ3) is 5.52. The number of hydrogen-bond acceptors (Lipinski definition) is 5. The summed E-state index contributed by atoms with van der Waals surface area (Å²) in [4.78, 5) is 22.8. The van der Waals surface area contributed by atoms with E-state index in [1.165, 1.54) is 11.3 Å². The molecule has 7 heteroatoms. The Morgan fingerprint density at radius 2 is 2.26 bits per heavy atom. The van der Waals surface area contributed by atoms with E-state index in [2.05, 4.69) is 17.2 Å². The van der Waals surface area contributed by atoms with E-state index >= 15 is 0 Å². The van der Waals surface area contributed by atoms with E-state index in [0.29, 0.717) is 17.0 Å². The Morgan fingerprint density at radius 1 is 1.47 bits per heavy atom. The Labute approximate surface area is 115 Å². The van der Waals surface area contributed by atoms with Gasteiger partial charge in [0.2, 0.25) is 5.91 Å². The number of rotatable bonds is 6. The first-order valence-electron chi connectivity index (χ1n) is 5.56. The number of carbonyl (C=O) groups is 2. The van der Waals surface area contributed by atoms with E-state index in [0.717, 1.165) is 0 Å². The second-order valence-electron chi connectivity index (χ2n) is 3.44. The maximum atomic E-state index is 11.8. The molecule has 0 bridgehead atoms. The number of ether oxygens (including phenoxy) is 1. The lowest BCUT2D eigenvalue weighted by atomic mass is 10.2. The molecule has 0 unspecified atom stereocenters. The summed E-state index contributed by atoms with van der Waals surface area (Å²) in [5, 5.41) is 4.46. The van der Waals surface area contributed by atoms with E-state index in [4.69, 9.17) is 16.2 Å². The minimum absolute atomic E-state index is 0.151. The van der Waals surface area contributed by atoms with Crippen LogP contribution in [0.1, 0.15) is 15.2 Å². The number of carbonyl (C=O) groups excluding carboxylic acids is 2. The minimum Gasteiger partial charge on any atom is -0.370 e. The van der Waals surface area contributed by atoms with Crippen LogP contribution in [0.5, 0.6) is 0 Å². The number of primary amides is 1. The van der Waals surface area contributed by atoms with E-state index < -0.39 is 5.91 Å². The van der Waals surface area contributed by atoms with Crippen molar-refractivity contribution in [3.8, 4) is 11.8 Å². The summed E-state index contributed by atoms with van der Waals surface area (Å²) in [6.07, 6.45) is 0. The molecule has 5 N–H and O–H groups in total. The smallest absolute Gasteiger partial charge is 0.262 e. The molecule has 0 spiro atoms. The SMILES string of the molecule is NCC#Cc1ccsc1C(=O)NCCOCC(N)=O. The molecule has 6 nitrogen and oxygen atoms in total. The van der Waals surface area contributed by atoms with Crippen molar-refractivity contribution < 1.29 is 14.3 Å². The molecule has 2 amide bonds. The van der Waals surface area contributed by atoms with E-state index in [1.54, 1.807) is 11.4 Å². The van der Waals surface area contributed by atoms with Gasteiger partial charge in [-0.3, -0.25) is 9.59 Å². The molecule has 102 valence electrons. The molecule has 1 heterocycles. The van der Waals surface area contributed by atoms with Crippen LogP contribution >= 0.6 is 11.3 Å². The van der Waals surface area contributed by atoms with Crippen molar-refractivity contribution in [3.63, 3.8) is 0 Å². The highest BCUT2D eigenvalue weighted by Crippen LogP contribution is 2.15. The van der Waals surface area contributed by atoms with E-state index in [9.17, 15) is 9.59 Å². The molecule has 0 aliphatic heterocycles. The van der Waals surface area contributed by atoms with Gasteiger partial charge in [-0.05, 0) is 11.4 Å². The number of amides is 2. The van der Waals surface area contributed by atoms with Crippen molar-refractivity contribution in [1.29, 1.82) is 0 Å². The molecule has 0 fully saturated rings. The Bertz CT molecular complexity index is 502. The van der Waals surface area contributed by atoms with Gasteiger partial charge in [-0.15, -0.1) is 11.3 Å². The first-order valence-corrected chi connectivity index (χ1v) is 6.43. The van der Waals surface area contributed by atoms with Gasteiger partial charge >= 0.3 is 0 Å². The average Bonchev–Trinajstić information content (AvgIpc) is 2.83. The second kappa shape index (κ2) is 8.26. The quantitative estimate of drug-likeness (QED) is 0.473. The monoisotopic (exact) mass is 281 g/mol. The second-order valence-corrected chi connectivity index (χ2v) is 4.36. The van der Waals surface area contributed by atoms with Crippen LogP contribution in [0.3, 0.4) is 0 Å². The van der Waals surface area contributed by atoms with Crippen LogP contribution in [0.4, 0.5) is 0 Å². The zero-order valence-corrected chi connectivity index (χ0v) is 11.1. The van der Waals surface area contributed by atoms with Crippen LogP contribution in [0.15, 0.2) is 11.4 Å². The third-order valence-electron chi connectivity index (χ3n) is 1.97. The normalized spacial score (nSPS) is 9.53. The molecular formula is C12H15N3O3S. The molecule has 1 rings (SSSR count). The average molecular weight is 281 g/mol. The Hall–Kier alpha value is -1.88. The highest BCUT2D eigenvalue weighted by Gasteiger charge is 2.11. The fraction of sp³-hybridized carbons (Fsp3) is 0.333. The van der Waals surface area contributed by atoms with Crippen LogP contribution in [0.2, 0.25) is 0 Å². The molecule has 0 radical (unpaired) electrons. The molecular weight excluding hydrogens is 266 g/mol. The zero-order valence-electron chi connectivity index (χ0n) is 10.3. The molecule has 0 atom stereocenters. The standard InChI is InChI=1S/C12H15N3O3S/c13-4-1-2-9-3-7-19-11(9)12(17)15-5-6-18-8-10(14)16/h3,7H,4-6,8,13H2,(H2,14,16)(H,15,17). The minimum atomic E-state index is -0.538. The fourth-order valence-electron chi connectivity index (χ4n) is 1.22. The maximum absolute atomic E-state index is 11.8. The molecule has 19 heavy (non-hydrogen) atoms. The molecule has 0 aliphatic rings. The molecule has 0 aliphatic carbocycles. The van der Waals surface area contributed by atoms with Crippen LogP contribution < -0.4 is 16.8 Å². The summed E-state index contributed by atoms with van der Waals surface area (Å²) in [6, 6.07) is 1.77. The molecule has 0 saturated heterocycles. The highest BCUT2D eigenvalue weighted by atomic mass is 32.1. The lowest BCUT2D eigenvalue weighted by Gasteiger charge is -2.04. The van der Waals surface area contributed by atoms with Gasteiger partial charge in [0, 0.05) is 12.1 Å². The van der Waals surface area contributed by atoms with Gasteiger partial charge in [0.15, 0.2) is 0 Å². The molecule has 0 aromatic carbocycles. The summed E-state index contributed by atoms with van der Waals surface area (Å²) in [5.74, 6) is 4.77. The summed E-state index contributed by atoms with van der Waals surface area (Å²) >= 11 is 1.31. The maximum Gasteiger partial charge on any atom is 0.262 e. The van der Waals surface area contributed by atoms with Gasteiger partial charge in [0.05, 0.1) is 13.2 Å². The van der Waals surface area contributed by atoms with Crippen LogP contribution in [-0.2, 0) is 9.53 Å². The third-order valence-corrected chi connectivity index (χ3v) is 2.89. The van der Waals surface area contributed by atoms with Gasteiger partial charge in [0.1, 0.15) is 11.5 Å². The van der Waals surface area contributed by atoms with Gasteiger partial charge in [0.25, 0.3) is 5.91 Å². The summed E-state index contributed by atoms with van der Waals surface area (Å²) in [6.45, 7) is 0.623. The molecule has 0 saturated carbocycles. The summed E-state index contributed by atoms with van der Waals surface area (Å²) in [5.41, 5.74) is 10.8. The summed E-state index contributed by atoms with van der Waals surface area (Å²) in [7, 11) is 0. The number of hydrogen-bond donors (Lipinski definition) is 3. The van der Waals surface area contributed by atoms with Gasteiger partial charge in [-0.25, -0.2) is 0 Å². The van der Waals surface area contributed by atoms with Gasteiger partial charge in [-0.2, -0.15) is 0 Å². The lowest BCUT2D eigenvalue weighted by molar-refractivity contribution is -0.122. The highest BCUT2D eigenvalue weighted by molar-refractivity contribution is 7.12. The first kappa shape index (κ1) is 15.2. The van der Waals surface area contributed by atoms with Gasteiger partial charge in [-0.1, -0.05) is 11.8 Å². The van der Waals surface area contributed by atoms with Crippen molar-refractivity contribution in [1.82, 2.24) is 5.32 Å². The Morgan fingerprint density at radius 3 is 2.95 bits per heavy atom.